The molecule has 0 fully saturated rings. The van der Waals surface area contributed by atoms with E-state index in [-0.39, 0.29) is 29.1 Å². The summed E-state index contributed by atoms with van der Waals surface area (Å²) in [5.74, 6) is -0.0149. The lowest BCUT2D eigenvalue weighted by atomic mass is 10.1. The number of carbonyl (C=O) groups is 2. The molecule has 3 aromatic rings. The van der Waals surface area contributed by atoms with Crippen LogP contribution in [0.5, 0.6) is 11.5 Å². The fourth-order valence-corrected chi connectivity index (χ4v) is 5.62. The predicted octanol–water partition coefficient (Wildman–Crippen LogP) is 4.15. The maximum absolute atomic E-state index is 14.0. The van der Waals surface area contributed by atoms with Crippen molar-refractivity contribution in [3.8, 4) is 11.5 Å². The molecule has 1 N–H and O–H groups in total. The van der Waals surface area contributed by atoms with Crippen LogP contribution >= 0.6 is 0 Å². The first-order valence-corrected chi connectivity index (χ1v) is 14.4. The number of methoxy groups -OCH3 is 2. The molecule has 9 nitrogen and oxygen atoms in total. The highest BCUT2D eigenvalue weighted by Gasteiger charge is 2.34. The fourth-order valence-electron chi connectivity index (χ4n) is 4.18. The molecule has 0 aliphatic rings. The number of hydrogen-bond donors (Lipinski definition) is 1. The first kappa shape index (κ1) is 30.5. The molecule has 0 aliphatic heterocycles. The molecule has 3 rings (SSSR count). The number of sulfonamides is 1. The van der Waals surface area contributed by atoms with Crippen LogP contribution < -0.4 is 19.1 Å². The Labute approximate surface area is 236 Å². The normalized spacial score (nSPS) is 12.0. The van der Waals surface area contributed by atoms with Gasteiger partial charge in [0.1, 0.15) is 24.1 Å². The SMILES string of the molecule is COc1cccc(CN(C(=O)CN(c2cc(C)ccc2OC)S(=O)(=O)c2ccccc2)[C@H](C)C(=O)NC(C)C)c1. The Morgan fingerprint density at radius 1 is 0.900 bits per heavy atom. The number of benzene rings is 3. The minimum absolute atomic E-state index is 0.0244. The summed E-state index contributed by atoms with van der Waals surface area (Å²) < 4.78 is 39.8. The Bertz CT molecular complexity index is 1430. The molecular formula is C30H37N3O6S. The number of ether oxygens (including phenoxy) is 2. The molecule has 1 atom stereocenters. The van der Waals surface area contributed by atoms with Crippen molar-refractivity contribution in [3.63, 3.8) is 0 Å². The zero-order valence-electron chi connectivity index (χ0n) is 23.7. The molecule has 0 saturated carbocycles. The molecule has 40 heavy (non-hydrogen) atoms. The van der Waals surface area contributed by atoms with E-state index in [0.29, 0.717) is 11.5 Å². The van der Waals surface area contributed by atoms with E-state index in [1.807, 2.05) is 26.8 Å². The number of amides is 2. The lowest BCUT2D eigenvalue weighted by Crippen LogP contribution is -2.52. The average Bonchev–Trinajstić information content (AvgIpc) is 2.94. The van der Waals surface area contributed by atoms with Crippen molar-refractivity contribution in [1.82, 2.24) is 10.2 Å². The molecular weight excluding hydrogens is 530 g/mol. The Morgan fingerprint density at radius 3 is 2.23 bits per heavy atom. The van der Waals surface area contributed by atoms with Gasteiger partial charge in [-0.25, -0.2) is 8.42 Å². The molecule has 0 radical (unpaired) electrons. The van der Waals surface area contributed by atoms with Gasteiger partial charge in [-0.1, -0.05) is 36.4 Å². The maximum atomic E-state index is 14.0. The summed E-state index contributed by atoms with van der Waals surface area (Å²) in [5.41, 5.74) is 1.73. The minimum Gasteiger partial charge on any atom is -0.497 e. The third kappa shape index (κ3) is 7.32. The van der Waals surface area contributed by atoms with Crippen molar-refractivity contribution in [2.75, 3.05) is 25.1 Å². The highest BCUT2D eigenvalue weighted by Crippen LogP contribution is 2.33. The minimum atomic E-state index is -4.20. The summed E-state index contributed by atoms with van der Waals surface area (Å²) >= 11 is 0. The van der Waals surface area contributed by atoms with E-state index in [1.165, 1.54) is 24.1 Å². The van der Waals surface area contributed by atoms with Crippen molar-refractivity contribution in [2.45, 2.75) is 51.2 Å². The Hall–Kier alpha value is -4.05. The molecule has 214 valence electrons. The van der Waals surface area contributed by atoms with E-state index in [1.54, 1.807) is 68.6 Å². The van der Waals surface area contributed by atoms with Gasteiger partial charge in [-0.3, -0.25) is 13.9 Å². The topological polar surface area (TPSA) is 105 Å². The van der Waals surface area contributed by atoms with E-state index in [2.05, 4.69) is 5.32 Å². The monoisotopic (exact) mass is 567 g/mol. The third-order valence-corrected chi connectivity index (χ3v) is 8.07. The van der Waals surface area contributed by atoms with Gasteiger partial charge in [0.15, 0.2) is 0 Å². The van der Waals surface area contributed by atoms with Crippen LogP contribution in [-0.4, -0.2) is 58.0 Å². The fraction of sp³-hybridized carbons (Fsp3) is 0.333. The van der Waals surface area contributed by atoms with Gasteiger partial charge >= 0.3 is 0 Å². The molecule has 0 aromatic heterocycles. The second-order valence-corrected chi connectivity index (χ2v) is 11.6. The van der Waals surface area contributed by atoms with Crippen molar-refractivity contribution >= 4 is 27.5 Å². The van der Waals surface area contributed by atoms with Gasteiger partial charge in [-0.2, -0.15) is 0 Å². The maximum Gasteiger partial charge on any atom is 0.264 e. The van der Waals surface area contributed by atoms with Crippen LogP contribution in [0.2, 0.25) is 0 Å². The number of nitrogens with zero attached hydrogens (tertiary/aromatic N) is 2. The number of anilines is 1. The van der Waals surface area contributed by atoms with E-state index in [0.717, 1.165) is 15.4 Å². The van der Waals surface area contributed by atoms with E-state index in [9.17, 15) is 18.0 Å². The molecule has 3 aromatic carbocycles. The summed E-state index contributed by atoms with van der Waals surface area (Å²) in [6.07, 6.45) is 0. The summed E-state index contributed by atoms with van der Waals surface area (Å²) in [5, 5.41) is 2.84. The molecule has 0 spiro atoms. The second kappa shape index (κ2) is 13.3. The lowest BCUT2D eigenvalue weighted by Gasteiger charge is -2.32. The van der Waals surface area contributed by atoms with Crippen LogP contribution in [0.1, 0.15) is 31.9 Å². The average molecular weight is 568 g/mol. The Balaban J connectivity index is 2.10. The molecule has 0 unspecified atom stereocenters. The largest absolute Gasteiger partial charge is 0.497 e. The predicted molar refractivity (Wildman–Crippen MR) is 155 cm³/mol. The zero-order valence-corrected chi connectivity index (χ0v) is 24.6. The lowest BCUT2D eigenvalue weighted by molar-refractivity contribution is -0.139. The van der Waals surface area contributed by atoms with Crippen molar-refractivity contribution in [1.29, 1.82) is 0 Å². The molecule has 0 saturated heterocycles. The van der Waals surface area contributed by atoms with Crippen LogP contribution in [-0.2, 0) is 26.2 Å². The number of hydrogen-bond acceptors (Lipinski definition) is 6. The first-order valence-electron chi connectivity index (χ1n) is 12.9. The van der Waals surface area contributed by atoms with Crippen LogP contribution in [0.25, 0.3) is 0 Å². The van der Waals surface area contributed by atoms with Gasteiger partial charge in [0.2, 0.25) is 11.8 Å². The van der Waals surface area contributed by atoms with Crippen LogP contribution in [0.3, 0.4) is 0 Å². The Morgan fingerprint density at radius 2 is 1.60 bits per heavy atom. The number of aryl methyl sites for hydroxylation is 1. The summed E-state index contributed by atoms with van der Waals surface area (Å²) in [6.45, 7) is 6.62. The number of nitrogens with one attached hydrogen (secondary N) is 1. The van der Waals surface area contributed by atoms with Gasteiger partial charge < -0.3 is 19.7 Å². The molecule has 10 heteroatoms. The summed E-state index contributed by atoms with van der Waals surface area (Å²) in [4.78, 5) is 28.5. The quantitative estimate of drug-likeness (QED) is 0.353. The highest BCUT2D eigenvalue weighted by molar-refractivity contribution is 7.92. The summed E-state index contributed by atoms with van der Waals surface area (Å²) in [7, 11) is -1.21. The van der Waals surface area contributed by atoms with Crippen molar-refractivity contribution in [3.05, 3.63) is 83.9 Å². The highest BCUT2D eigenvalue weighted by atomic mass is 32.2. The van der Waals surface area contributed by atoms with Gasteiger partial charge in [-0.15, -0.1) is 0 Å². The molecule has 0 bridgehead atoms. The van der Waals surface area contributed by atoms with Gasteiger partial charge in [0, 0.05) is 12.6 Å². The van der Waals surface area contributed by atoms with Gasteiger partial charge in [0.05, 0.1) is 24.8 Å². The third-order valence-electron chi connectivity index (χ3n) is 6.30. The van der Waals surface area contributed by atoms with E-state index < -0.39 is 28.5 Å². The smallest absolute Gasteiger partial charge is 0.264 e. The van der Waals surface area contributed by atoms with Crippen LogP contribution in [0.15, 0.2) is 77.7 Å². The molecule has 2 amide bonds. The van der Waals surface area contributed by atoms with Crippen molar-refractivity contribution < 1.29 is 27.5 Å². The standard InChI is InChI=1S/C30H37N3O6S/c1-21(2)31-30(35)23(4)32(19-24-11-10-12-25(18-24)38-5)29(34)20-33(27-17-22(3)15-16-28(27)39-6)40(36,37)26-13-8-7-9-14-26/h7-18,21,23H,19-20H2,1-6H3,(H,31,35)/t23-/m1/s1. The zero-order chi connectivity index (χ0) is 29.4. The first-order chi connectivity index (χ1) is 19.0. The van der Waals surface area contributed by atoms with Crippen LogP contribution in [0, 0.1) is 6.92 Å². The van der Waals surface area contributed by atoms with Gasteiger partial charge in [0.25, 0.3) is 10.0 Å². The van der Waals surface area contributed by atoms with E-state index >= 15 is 0 Å². The molecule has 0 aliphatic carbocycles. The summed E-state index contributed by atoms with van der Waals surface area (Å²) in [6, 6.07) is 19.2. The molecule has 0 heterocycles. The van der Waals surface area contributed by atoms with Crippen LogP contribution in [0.4, 0.5) is 5.69 Å². The second-order valence-electron chi connectivity index (χ2n) is 9.71. The van der Waals surface area contributed by atoms with Crippen molar-refractivity contribution in [2.24, 2.45) is 0 Å². The van der Waals surface area contributed by atoms with Gasteiger partial charge in [-0.05, 0) is 75.2 Å². The number of rotatable bonds is 12. The number of carbonyl (C=O) groups excluding carboxylic acids is 2. The van der Waals surface area contributed by atoms with E-state index in [4.69, 9.17) is 9.47 Å². The Kier molecular flexibility index (Phi) is 10.2.